The number of benzene rings is 2. The van der Waals surface area contributed by atoms with Crippen molar-refractivity contribution < 1.29 is 23.8 Å². The molecule has 0 radical (unpaired) electrons. The Kier molecular flexibility index (Phi) is 10.2. The minimum atomic E-state index is -0.434. The van der Waals surface area contributed by atoms with E-state index in [1.54, 1.807) is 54.6 Å². The van der Waals surface area contributed by atoms with Crippen molar-refractivity contribution in [2.75, 3.05) is 13.2 Å². The van der Waals surface area contributed by atoms with Gasteiger partial charge in [0, 0.05) is 6.08 Å². The van der Waals surface area contributed by atoms with E-state index in [-0.39, 0.29) is 5.97 Å². The molecule has 2 aromatic carbocycles. The maximum absolute atomic E-state index is 12.3. The molecule has 0 fully saturated rings. The molecule has 2 aromatic rings. The van der Waals surface area contributed by atoms with Gasteiger partial charge in [0.25, 0.3) is 0 Å². The molecule has 0 unspecified atom stereocenters. The second-order valence-electron chi connectivity index (χ2n) is 6.89. The van der Waals surface area contributed by atoms with E-state index in [2.05, 4.69) is 6.92 Å². The van der Waals surface area contributed by atoms with Crippen LogP contribution in [0, 0.1) is 0 Å². The van der Waals surface area contributed by atoms with Gasteiger partial charge < -0.3 is 14.2 Å². The number of carbonyl (C=O) groups excluding carboxylic acids is 2. The van der Waals surface area contributed by atoms with E-state index < -0.39 is 5.97 Å². The average Bonchev–Trinajstić information content (AvgIpc) is 2.77. The quantitative estimate of drug-likeness (QED) is 0.191. The van der Waals surface area contributed by atoms with Crippen LogP contribution in [0.1, 0.15) is 61.9 Å². The normalized spacial score (nSPS) is 10.7. The molecule has 0 aliphatic heterocycles. The molecule has 0 aromatic heterocycles. The van der Waals surface area contributed by atoms with E-state index in [0.29, 0.717) is 24.5 Å². The summed E-state index contributed by atoms with van der Waals surface area (Å²) in [6, 6.07) is 13.9. The fourth-order valence-electron chi connectivity index (χ4n) is 2.63. The first-order valence-corrected chi connectivity index (χ1v) is 10.5. The first kappa shape index (κ1) is 23.2. The number of rotatable bonds is 12. The molecule has 0 amide bonds. The van der Waals surface area contributed by atoms with Gasteiger partial charge in [-0.1, -0.05) is 45.2 Å². The number of hydrogen-bond donors (Lipinski definition) is 0. The molecule has 0 atom stereocenters. The lowest BCUT2D eigenvalue weighted by atomic mass is 10.2. The zero-order chi connectivity index (χ0) is 21.6. The molecule has 160 valence electrons. The lowest BCUT2D eigenvalue weighted by Crippen LogP contribution is -2.08. The van der Waals surface area contributed by atoms with Crippen molar-refractivity contribution in [1.82, 2.24) is 0 Å². The van der Waals surface area contributed by atoms with Crippen LogP contribution in [0.25, 0.3) is 6.08 Å². The fourth-order valence-corrected chi connectivity index (χ4v) is 2.63. The molecule has 30 heavy (non-hydrogen) atoms. The number of esters is 2. The Labute approximate surface area is 178 Å². The monoisotopic (exact) mass is 410 g/mol. The van der Waals surface area contributed by atoms with Gasteiger partial charge in [-0.3, -0.25) is 0 Å². The Morgan fingerprint density at radius 1 is 0.800 bits per heavy atom. The minimum Gasteiger partial charge on any atom is -0.494 e. The van der Waals surface area contributed by atoms with Crippen LogP contribution in [0.15, 0.2) is 54.6 Å². The molecule has 0 N–H and O–H groups in total. The maximum atomic E-state index is 12.3. The summed E-state index contributed by atoms with van der Waals surface area (Å²) in [6.07, 6.45) is 8.44. The van der Waals surface area contributed by atoms with Crippen molar-refractivity contribution in [2.45, 2.75) is 46.0 Å². The summed E-state index contributed by atoms with van der Waals surface area (Å²) in [5, 5.41) is 0. The van der Waals surface area contributed by atoms with Crippen molar-refractivity contribution >= 4 is 18.0 Å². The van der Waals surface area contributed by atoms with Crippen LogP contribution in [0.5, 0.6) is 11.5 Å². The van der Waals surface area contributed by atoms with Gasteiger partial charge in [0.05, 0.1) is 18.8 Å². The lowest BCUT2D eigenvalue weighted by Gasteiger charge is -2.08. The van der Waals surface area contributed by atoms with Crippen LogP contribution in [-0.2, 0) is 9.53 Å². The zero-order valence-electron chi connectivity index (χ0n) is 17.8. The van der Waals surface area contributed by atoms with Gasteiger partial charge in [-0.05, 0) is 60.9 Å². The van der Waals surface area contributed by atoms with Crippen LogP contribution in [0.2, 0.25) is 0 Å². The third-order valence-electron chi connectivity index (χ3n) is 4.31. The van der Waals surface area contributed by atoms with Crippen molar-refractivity contribution in [1.29, 1.82) is 0 Å². The van der Waals surface area contributed by atoms with Crippen LogP contribution < -0.4 is 9.47 Å². The van der Waals surface area contributed by atoms with Gasteiger partial charge >= 0.3 is 11.9 Å². The van der Waals surface area contributed by atoms with Gasteiger partial charge in [-0.2, -0.15) is 0 Å². The minimum absolute atomic E-state index is 0.374. The van der Waals surface area contributed by atoms with E-state index >= 15 is 0 Å². The SMILES string of the molecule is CCCCCCOc1ccc(C(=O)Oc2ccc(/C=C/C(=O)OCCC)cc2)cc1. The van der Waals surface area contributed by atoms with Crippen molar-refractivity contribution in [3.8, 4) is 11.5 Å². The van der Waals surface area contributed by atoms with Crippen LogP contribution >= 0.6 is 0 Å². The largest absolute Gasteiger partial charge is 0.494 e. The summed E-state index contributed by atoms with van der Waals surface area (Å²) in [5.41, 5.74) is 1.26. The predicted molar refractivity (Wildman–Crippen MR) is 118 cm³/mol. The highest BCUT2D eigenvalue weighted by Gasteiger charge is 2.09. The summed E-state index contributed by atoms with van der Waals surface area (Å²) in [6.45, 7) is 5.21. The highest BCUT2D eigenvalue weighted by molar-refractivity contribution is 5.91. The summed E-state index contributed by atoms with van der Waals surface area (Å²) in [5.74, 6) is 0.371. The standard InChI is InChI=1S/C25H30O5/c1-3-5-6-7-19-28-22-15-11-21(12-16-22)25(27)30-23-13-8-20(9-14-23)10-17-24(26)29-18-4-2/h8-17H,3-7,18-19H2,1-2H3/b17-10+. The van der Waals surface area contributed by atoms with Gasteiger partial charge in [0.1, 0.15) is 11.5 Å². The van der Waals surface area contributed by atoms with Crippen LogP contribution in [-0.4, -0.2) is 25.2 Å². The van der Waals surface area contributed by atoms with E-state index in [9.17, 15) is 9.59 Å². The highest BCUT2D eigenvalue weighted by atomic mass is 16.5. The van der Waals surface area contributed by atoms with Crippen molar-refractivity contribution in [3.05, 3.63) is 65.7 Å². The molecular formula is C25H30O5. The molecule has 0 aliphatic rings. The predicted octanol–water partition coefficient (Wildman–Crippen LogP) is 5.83. The number of ether oxygens (including phenoxy) is 3. The summed E-state index contributed by atoms with van der Waals surface area (Å²) in [7, 11) is 0. The molecule has 5 nitrogen and oxygen atoms in total. The average molecular weight is 411 g/mol. The van der Waals surface area contributed by atoms with E-state index in [1.807, 2.05) is 6.92 Å². The third kappa shape index (κ3) is 8.52. The fraction of sp³-hybridized carbons (Fsp3) is 0.360. The van der Waals surface area contributed by atoms with Gasteiger partial charge in [-0.15, -0.1) is 0 Å². The number of carbonyl (C=O) groups is 2. The Bertz CT molecular complexity index is 806. The molecule has 0 saturated carbocycles. The highest BCUT2D eigenvalue weighted by Crippen LogP contribution is 2.17. The summed E-state index contributed by atoms with van der Waals surface area (Å²) < 4.78 is 16.1. The first-order chi connectivity index (χ1) is 14.6. The molecule has 0 heterocycles. The Morgan fingerprint density at radius 2 is 1.50 bits per heavy atom. The molecule has 0 saturated heterocycles. The molecule has 0 bridgehead atoms. The zero-order valence-corrected chi connectivity index (χ0v) is 17.8. The van der Waals surface area contributed by atoms with E-state index in [4.69, 9.17) is 14.2 Å². The molecule has 0 spiro atoms. The Morgan fingerprint density at radius 3 is 2.17 bits per heavy atom. The topological polar surface area (TPSA) is 61.8 Å². The molecule has 5 heteroatoms. The van der Waals surface area contributed by atoms with Gasteiger partial charge in [0.15, 0.2) is 0 Å². The van der Waals surface area contributed by atoms with Crippen LogP contribution in [0.4, 0.5) is 0 Å². The number of hydrogen-bond acceptors (Lipinski definition) is 5. The second-order valence-corrected chi connectivity index (χ2v) is 6.89. The van der Waals surface area contributed by atoms with Crippen LogP contribution in [0.3, 0.4) is 0 Å². The van der Waals surface area contributed by atoms with E-state index in [1.165, 1.54) is 25.3 Å². The van der Waals surface area contributed by atoms with Crippen molar-refractivity contribution in [2.24, 2.45) is 0 Å². The molecule has 2 rings (SSSR count). The second kappa shape index (κ2) is 13.2. The summed E-state index contributed by atoms with van der Waals surface area (Å²) in [4.78, 5) is 23.8. The van der Waals surface area contributed by atoms with E-state index in [0.717, 1.165) is 24.2 Å². The van der Waals surface area contributed by atoms with Crippen molar-refractivity contribution in [3.63, 3.8) is 0 Å². The molecule has 0 aliphatic carbocycles. The Hall–Kier alpha value is -3.08. The summed E-state index contributed by atoms with van der Waals surface area (Å²) >= 11 is 0. The third-order valence-corrected chi connectivity index (χ3v) is 4.31. The smallest absolute Gasteiger partial charge is 0.343 e. The maximum Gasteiger partial charge on any atom is 0.343 e. The number of unbranched alkanes of at least 4 members (excludes halogenated alkanes) is 3. The van der Waals surface area contributed by atoms with Gasteiger partial charge in [0.2, 0.25) is 0 Å². The molecular weight excluding hydrogens is 380 g/mol. The van der Waals surface area contributed by atoms with Gasteiger partial charge in [-0.25, -0.2) is 9.59 Å². The lowest BCUT2D eigenvalue weighted by molar-refractivity contribution is -0.137. The first-order valence-electron chi connectivity index (χ1n) is 10.5. The Balaban J connectivity index is 1.82.